The second kappa shape index (κ2) is 9.35. The van der Waals surface area contributed by atoms with Gasteiger partial charge in [-0.1, -0.05) is 78.7 Å². The van der Waals surface area contributed by atoms with Crippen molar-refractivity contribution in [1.82, 2.24) is 0 Å². The smallest absolute Gasteiger partial charge is 0.168 e. The van der Waals surface area contributed by atoms with E-state index in [2.05, 4.69) is 60.6 Å². The molecule has 39 heavy (non-hydrogen) atoms. The molecular formula is C35H52O4. The zero-order chi connectivity index (χ0) is 29.5. The van der Waals surface area contributed by atoms with Crippen molar-refractivity contribution in [2.45, 2.75) is 115 Å². The van der Waals surface area contributed by atoms with Gasteiger partial charge in [-0.15, -0.1) is 0 Å². The van der Waals surface area contributed by atoms with Crippen molar-refractivity contribution in [2.75, 3.05) is 0 Å². The van der Waals surface area contributed by atoms with Crippen LogP contribution in [0.4, 0.5) is 0 Å². The van der Waals surface area contributed by atoms with Crippen LogP contribution >= 0.6 is 0 Å². The van der Waals surface area contributed by atoms with Crippen LogP contribution in [0.1, 0.15) is 115 Å². The lowest BCUT2D eigenvalue weighted by molar-refractivity contribution is -0.189. The highest BCUT2D eigenvalue weighted by atomic mass is 16.2. The van der Waals surface area contributed by atoms with E-state index in [9.17, 15) is 9.59 Å². The van der Waals surface area contributed by atoms with Gasteiger partial charge in [0.25, 0.3) is 0 Å². The standard InChI is InChI=1S/C35H52O4/c1-20(2)13-12-14-23(7)15-16-33-18-24-17-26-31(8,9)25(21(3)4)19-34(26,28(33)37)30(39)35(29(33)38,32(24,10)11)27(36)22(5)6/h13,15,21-22,24-26H,12,14,16-19H2,1-11H3. The van der Waals surface area contributed by atoms with Crippen LogP contribution in [0.15, 0.2) is 23.3 Å². The molecule has 5 aliphatic rings. The number of Topliss-reactive ketones (excluding diaryl/α,β-unsaturated/α-hetero) is 4. The second-order valence-electron chi connectivity index (χ2n) is 15.7. The Balaban J connectivity index is 1.98. The maximum Gasteiger partial charge on any atom is 0.168 e. The number of ketones is 4. The zero-order valence-electron chi connectivity index (χ0n) is 26.4. The normalized spacial score (nSPS) is 38.4. The van der Waals surface area contributed by atoms with E-state index in [1.165, 1.54) is 5.57 Å². The third-order valence-corrected chi connectivity index (χ3v) is 12.0. The molecular weight excluding hydrogens is 484 g/mol. The van der Waals surface area contributed by atoms with Crippen LogP contribution in [0.3, 0.4) is 0 Å². The largest absolute Gasteiger partial charge is 0.298 e. The lowest BCUT2D eigenvalue weighted by Gasteiger charge is -2.60. The van der Waals surface area contributed by atoms with Crippen LogP contribution in [0.2, 0.25) is 0 Å². The Morgan fingerprint density at radius 1 is 0.897 bits per heavy atom. The highest BCUT2D eigenvalue weighted by Gasteiger charge is 2.86. The number of allylic oxidation sites excluding steroid dienone is 4. The van der Waals surface area contributed by atoms with Gasteiger partial charge in [0, 0.05) is 5.92 Å². The van der Waals surface area contributed by atoms with E-state index in [1.807, 2.05) is 13.8 Å². The van der Waals surface area contributed by atoms with E-state index in [1.54, 1.807) is 13.8 Å². The molecule has 6 unspecified atom stereocenters. The Morgan fingerprint density at radius 3 is 2.05 bits per heavy atom. The van der Waals surface area contributed by atoms with Gasteiger partial charge >= 0.3 is 0 Å². The molecule has 0 aromatic rings. The van der Waals surface area contributed by atoms with Gasteiger partial charge in [0.05, 0.1) is 10.8 Å². The van der Waals surface area contributed by atoms with Crippen LogP contribution in [0.5, 0.6) is 0 Å². The lowest BCUT2D eigenvalue weighted by Crippen LogP contribution is -2.76. The monoisotopic (exact) mass is 536 g/mol. The van der Waals surface area contributed by atoms with Crippen molar-refractivity contribution in [3.8, 4) is 0 Å². The first-order valence-electron chi connectivity index (χ1n) is 15.3. The van der Waals surface area contributed by atoms with Crippen molar-refractivity contribution < 1.29 is 19.2 Å². The predicted molar refractivity (Wildman–Crippen MR) is 156 cm³/mol. The Kier molecular flexibility index (Phi) is 7.22. The molecule has 4 nitrogen and oxygen atoms in total. The Hall–Kier alpha value is -1.84. The molecule has 0 saturated heterocycles. The molecule has 0 heterocycles. The summed E-state index contributed by atoms with van der Waals surface area (Å²) in [5.41, 5.74) is -2.95. The fourth-order valence-corrected chi connectivity index (χ4v) is 9.87. The van der Waals surface area contributed by atoms with Crippen molar-refractivity contribution in [3.05, 3.63) is 23.3 Å². The third-order valence-electron chi connectivity index (χ3n) is 12.0. The molecule has 1 spiro atoms. The van der Waals surface area contributed by atoms with E-state index >= 15 is 9.59 Å². The molecule has 0 aromatic heterocycles. The maximum absolute atomic E-state index is 15.2. The molecule has 5 aliphatic carbocycles. The summed E-state index contributed by atoms with van der Waals surface area (Å²) in [4.78, 5) is 59.5. The third kappa shape index (κ3) is 3.67. The Labute approximate surface area is 236 Å². The van der Waals surface area contributed by atoms with Gasteiger partial charge < -0.3 is 0 Å². The highest BCUT2D eigenvalue weighted by Crippen LogP contribution is 2.77. The minimum Gasteiger partial charge on any atom is -0.298 e. The molecule has 0 amide bonds. The van der Waals surface area contributed by atoms with Crippen molar-refractivity contribution in [1.29, 1.82) is 0 Å². The van der Waals surface area contributed by atoms with Crippen LogP contribution in [-0.4, -0.2) is 23.1 Å². The van der Waals surface area contributed by atoms with Gasteiger partial charge in [0.15, 0.2) is 28.5 Å². The number of hydrogen-bond donors (Lipinski definition) is 0. The average Bonchev–Trinajstić information content (AvgIpc) is 2.97. The van der Waals surface area contributed by atoms with Crippen molar-refractivity contribution in [3.63, 3.8) is 0 Å². The van der Waals surface area contributed by atoms with Gasteiger partial charge in [-0.05, 0) is 93.8 Å². The maximum atomic E-state index is 15.2. The summed E-state index contributed by atoms with van der Waals surface area (Å²) in [7, 11) is 0. The summed E-state index contributed by atoms with van der Waals surface area (Å²) in [5, 5.41) is 0. The van der Waals surface area contributed by atoms with Crippen LogP contribution in [-0.2, 0) is 19.2 Å². The summed E-state index contributed by atoms with van der Waals surface area (Å²) in [6.45, 7) is 22.6. The van der Waals surface area contributed by atoms with Crippen molar-refractivity contribution in [2.24, 2.45) is 56.7 Å². The molecule has 6 atom stereocenters. The molecule has 4 heteroatoms. The summed E-state index contributed by atoms with van der Waals surface area (Å²) in [6.07, 6.45) is 8.02. The fraction of sp³-hybridized carbons (Fsp3) is 0.771. The molecule has 5 saturated carbocycles. The summed E-state index contributed by atoms with van der Waals surface area (Å²) in [6, 6.07) is 0. The first-order valence-corrected chi connectivity index (χ1v) is 15.3. The molecule has 0 radical (unpaired) electrons. The van der Waals surface area contributed by atoms with Gasteiger partial charge in [-0.2, -0.15) is 0 Å². The minimum absolute atomic E-state index is 0.0512. The Morgan fingerprint density at radius 2 is 1.51 bits per heavy atom. The van der Waals surface area contributed by atoms with Gasteiger partial charge in [0.2, 0.25) is 0 Å². The number of hydrogen-bond acceptors (Lipinski definition) is 4. The fourth-order valence-electron chi connectivity index (χ4n) is 9.87. The van der Waals surface area contributed by atoms with Gasteiger partial charge in [-0.3, -0.25) is 19.2 Å². The van der Waals surface area contributed by atoms with E-state index in [0.29, 0.717) is 25.2 Å². The number of carbonyl (C=O) groups excluding carboxylic acids is 4. The number of rotatable bonds is 8. The molecule has 216 valence electrons. The quantitative estimate of drug-likeness (QED) is 0.235. The lowest BCUT2D eigenvalue weighted by atomic mass is 9.36. The van der Waals surface area contributed by atoms with E-state index < -0.39 is 27.6 Å². The molecule has 5 rings (SSSR count). The SMILES string of the molecule is CC(C)=CCCC(C)=CCC12CC3CC4C(CC(C(C)C)C4(C)C)(C1=O)C(=O)C(C(=O)C(C)C)(C2=O)C3(C)C. The van der Waals surface area contributed by atoms with E-state index in [-0.39, 0.29) is 46.3 Å². The van der Waals surface area contributed by atoms with Crippen LogP contribution in [0, 0.1) is 56.7 Å². The van der Waals surface area contributed by atoms with Crippen LogP contribution < -0.4 is 0 Å². The summed E-state index contributed by atoms with van der Waals surface area (Å²) >= 11 is 0. The average molecular weight is 537 g/mol. The molecule has 5 fully saturated rings. The second-order valence-corrected chi connectivity index (χ2v) is 15.7. The highest BCUT2D eigenvalue weighted by molar-refractivity contribution is 6.40. The number of carbonyl (C=O) groups is 4. The summed E-state index contributed by atoms with van der Waals surface area (Å²) in [5.74, 6) is -1.32. The van der Waals surface area contributed by atoms with Gasteiger partial charge in [-0.25, -0.2) is 0 Å². The molecule has 0 aliphatic heterocycles. The van der Waals surface area contributed by atoms with E-state index in [0.717, 1.165) is 24.8 Å². The zero-order valence-corrected chi connectivity index (χ0v) is 26.4. The van der Waals surface area contributed by atoms with Gasteiger partial charge in [0.1, 0.15) is 0 Å². The molecule has 4 bridgehead atoms. The van der Waals surface area contributed by atoms with Crippen LogP contribution in [0.25, 0.3) is 0 Å². The molecule has 0 aromatic carbocycles. The topological polar surface area (TPSA) is 68.3 Å². The Bertz CT molecular complexity index is 1160. The first kappa shape index (κ1) is 30.1. The van der Waals surface area contributed by atoms with E-state index in [4.69, 9.17) is 0 Å². The van der Waals surface area contributed by atoms with Crippen molar-refractivity contribution >= 4 is 23.1 Å². The predicted octanol–water partition coefficient (Wildman–Crippen LogP) is 7.74. The first-order chi connectivity index (χ1) is 17.9. The summed E-state index contributed by atoms with van der Waals surface area (Å²) < 4.78 is 0. The molecule has 0 N–H and O–H groups in total. The minimum atomic E-state index is -1.75.